The van der Waals surface area contributed by atoms with Crippen molar-refractivity contribution in [3.05, 3.63) is 114 Å². The van der Waals surface area contributed by atoms with Crippen LogP contribution in [0, 0.1) is 0 Å². The SMILES string of the molecule is CN(C)C1(c2ccccc2)CC=C(c2[nH]c3ccccc3c2CCn2cc3ccccc3c2)CC1. The summed E-state index contributed by atoms with van der Waals surface area (Å²) in [7, 11) is 4.45. The number of H-pyrrole nitrogens is 1. The summed E-state index contributed by atoms with van der Waals surface area (Å²) < 4.78 is 2.35. The number of aryl methyl sites for hydroxylation is 2. The average Bonchev–Trinajstić information content (AvgIpc) is 3.49. The van der Waals surface area contributed by atoms with Crippen molar-refractivity contribution in [1.82, 2.24) is 14.5 Å². The number of para-hydroxylation sites is 1. The zero-order valence-electron chi connectivity index (χ0n) is 20.7. The number of rotatable bonds is 6. The van der Waals surface area contributed by atoms with Crippen LogP contribution in [0.15, 0.2) is 97.3 Å². The summed E-state index contributed by atoms with van der Waals surface area (Å²) in [6.45, 7) is 0.975. The minimum Gasteiger partial charge on any atom is -0.355 e. The molecule has 0 amide bonds. The quantitative estimate of drug-likeness (QED) is 0.281. The minimum absolute atomic E-state index is 0.0577. The molecule has 35 heavy (non-hydrogen) atoms. The Morgan fingerprint density at radius 3 is 2.23 bits per heavy atom. The highest BCUT2D eigenvalue weighted by atomic mass is 15.1. The number of nitrogens with one attached hydrogen (secondary N) is 1. The van der Waals surface area contributed by atoms with E-state index in [0.717, 1.165) is 32.2 Å². The van der Waals surface area contributed by atoms with Crippen LogP contribution in [-0.2, 0) is 18.5 Å². The molecular formula is C32H33N3. The van der Waals surface area contributed by atoms with Crippen molar-refractivity contribution in [2.45, 2.75) is 37.8 Å². The molecule has 1 aliphatic carbocycles. The van der Waals surface area contributed by atoms with Gasteiger partial charge >= 0.3 is 0 Å². The molecule has 1 aliphatic rings. The summed E-state index contributed by atoms with van der Waals surface area (Å²) in [5.74, 6) is 0. The van der Waals surface area contributed by atoms with Gasteiger partial charge in [0, 0.05) is 41.1 Å². The lowest BCUT2D eigenvalue weighted by Crippen LogP contribution is -2.42. The van der Waals surface area contributed by atoms with Crippen molar-refractivity contribution >= 4 is 27.2 Å². The summed E-state index contributed by atoms with van der Waals surface area (Å²) in [4.78, 5) is 6.22. The van der Waals surface area contributed by atoms with Crippen LogP contribution in [-0.4, -0.2) is 28.5 Å². The van der Waals surface area contributed by atoms with Gasteiger partial charge in [0.25, 0.3) is 0 Å². The molecule has 3 aromatic carbocycles. The summed E-state index contributed by atoms with van der Waals surface area (Å²) in [5.41, 5.74) is 6.95. The van der Waals surface area contributed by atoms with E-state index in [-0.39, 0.29) is 5.54 Å². The number of hydrogen-bond acceptors (Lipinski definition) is 1. The standard InChI is InChI=1S/C32H33N3/c1-34(2)32(27-12-4-3-5-13-27)19-16-24(17-20-32)31-29(28-14-8-9-15-30(28)33-31)18-21-35-22-25-10-6-7-11-26(25)23-35/h3-16,22-23,33H,17-21H2,1-2H3. The molecule has 1 N–H and O–H groups in total. The van der Waals surface area contributed by atoms with Crippen LogP contribution in [0.3, 0.4) is 0 Å². The van der Waals surface area contributed by atoms with Crippen LogP contribution in [0.4, 0.5) is 0 Å². The largest absolute Gasteiger partial charge is 0.355 e. The Morgan fingerprint density at radius 2 is 1.54 bits per heavy atom. The third-order valence-electron chi connectivity index (χ3n) is 8.02. The van der Waals surface area contributed by atoms with Gasteiger partial charge in [-0.05, 0) is 73.3 Å². The zero-order valence-corrected chi connectivity index (χ0v) is 20.7. The number of allylic oxidation sites excluding steroid dienone is 1. The van der Waals surface area contributed by atoms with Gasteiger partial charge in [0.1, 0.15) is 0 Å². The maximum absolute atomic E-state index is 3.80. The fourth-order valence-electron chi connectivity index (χ4n) is 5.98. The van der Waals surface area contributed by atoms with E-state index < -0.39 is 0 Å². The van der Waals surface area contributed by atoms with Gasteiger partial charge in [-0.25, -0.2) is 0 Å². The first-order chi connectivity index (χ1) is 17.1. The van der Waals surface area contributed by atoms with E-state index >= 15 is 0 Å². The van der Waals surface area contributed by atoms with Crippen molar-refractivity contribution in [3.63, 3.8) is 0 Å². The third kappa shape index (κ3) is 3.90. The van der Waals surface area contributed by atoms with Gasteiger partial charge in [0.05, 0.1) is 0 Å². The summed E-state index contributed by atoms with van der Waals surface area (Å²) in [6.07, 6.45) is 11.3. The molecule has 0 spiro atoms. The number of nitrogens with zero attached hydrogens (tertiary/aromatic N) is 2. The molecular weight excluding hydrogens is 426 g/mol. The molecule has 2 aromatic heterocycles. The van der Waals surface area contributed by atoms with Crippen LogP contribution in [0.5, 0.6) is 0 Å². The maximum Gasteiger partial charge on any atom is 0.0492 e. The Morgan fingerprint density at radius 1 is 0.857 bits per heavy atom. The second-order valence-electron chi connectivity index (χ2n) is 10.1. The molecule has 6 rings (SSSR count). The minimum atomic E-state index is 0.0577. The molecule has 176 valence electrons. The van der Waals surface area contributed by atoms with E-state index in [1.165, 1.54) is 44.1 Å². The molecule has 3 heteroatoms. The summed E-state index contributed by atoms with van der Waals surface area (Å²) in [6, 6.07) is 28.4. The van der Waals surface area contributed by atoms with Gasteiger partial charge in [-0.1, -0.05) is 78.9 Å². The Labute approximate surface area is 207 Å². The van der Waals surface area contributed by atoms with E-state index in [9.17, 15) is 0 Å². The summed E-state index contributed by atoms with van der Waals surface area (Å²) >= 11 is 0. The maximum atomic E-state index is 3.80. The lowest BCUT2D eigenvalue weighted by Gasteiger charge is -2.43. The van der Waals surface area contributed by atoms with Crippen molar-refractivity contribution in [2.75, 3.05) is 14.1 Å². The Kier molecular flexibility index (Phi) is 5.58. The highest BCUT2D eigenvalue weighted by Crippen LogP contribution is 2.43. The molecule has 0 bridgehead atoms. The van der Waals surface area contributed by atoms with Gasteiger partial charge in [-0.2, -0.15) is 0 Å². The van der Waals surface area contributed by atoms with E-state index in [4.69, 9.17) is 0 Å². The summed E-state index contributed by atoms with van der Waals surface area (Å²) in [5, 5.41) is 3.97. The van der Waals surface area contributed by atoms with Crippen molar-refractivity contribution in [3.8, 4) is 0 Å². The average molecular weight is 460 g/mol. The highest BCUT2D eigenvalue weighted by molar-refractivity contribution is 5.89. The molecule has 0 fully saturated rings. The van der Waals surface area contributed by atoms with E-state index in [1.54, 1.807) is 0 Å². The molecule has 0 radical (unpaired) electrons. The zero-order chi connectivity index (χ0) is 23.8. The van der Waals surface area contributed by atoms with Crippen LogP contribution in [0.1, 0.15) is 36.1 Å². The Bertz CT molecular complexity index is 1470. The monoisotopic (exact) mass is 459 g/mol. The highest BCUT2D eigenvalue weighted by Gasteiger charge is 2.36. The van der Waals surface area contributed by atoms with Gasteiger partial charge in [0.15, 0.2) is 0 Å². The molecule has 3 nitrogen and oxygen atoms in total. The van der Waals surface area contributed by atoms with Crippen molar-refractivity contribution < 1.29 is 0 Å². The van der Waals surface area contributed by atoms with Crippen LogP contribution >= 0.6 is 0 Å². The normalized spacial score (nSPS) is 18.4. The first kappa shape index (κ1) is 21.9. The molecule has 5 aromatic rings. The van der Waals surface area contributed by atoms with E-state index in [2.05, 4.69) is 126 Å². The molecule has 2 heterocycles. The predicted octanol–water partition coefficient (Wildman–Crippen LogP) is 7.39. The molecule has 0 saturated carbocycles. The number of fused-ring (bicyclic) bond motifs is 2. The van der Waals surface area contributed by atoms with Crippen molar-refractivity contribution in [1.29, 1.82) is 0 Å². The van der Waals surface area contributed by atoms with Gasteiger partial charge < -0.3 is 9.55 Å². The smallest absolute Gasteiger partial charge is 0.0492 e. The van der Waals surface area contributed by atoms with Gasteiger partial charge in [0.2, 0.25) is 0 Å². The Hall–Kier alpha value is -3.56. The third-order valence-corrected chi connectivity index (χ3v) is 8.02. The van der Waals surface area contributed by atoms with Crippen LogP contribution < -0.4 is 0 Å². The fourth-order valence-corrected chi connectivity index (χ4v) is 5.98. The van der Waals surface area contributed by atoms with Gasteiger partial charge in [-0.3, -0.25) is 4.90 Å². The molecule has 0 saturated heterocycles. The topological polar surface area (TPSA) is 24.0 Å². The predicted molar refractivity (Wildman–Crippen MR) is 148 cm³/mol. The number of aromatic nitrogens is 2. The van der Waals surface area contributed by atoms with Crippen LogP contribution in [0.25, 0.3) is 27.2 Å². The van der Waals surface area contributed by atoms with Crippen LogP contribution in [0.2, 0.25) is 0 Å². The lowest BCUT2D eigenvalue weighted by atomic mass is 9.75. The number of benzene rings is 3. The van der Waals surface area contributed by atoms with Gasteiger partial charge in [-0.15, -0.1) is 0 Å². The lowest BCUT2D eigenvalue weighted by molar-refractivity contribution is 0.138. The Balaban J connectivity index is 1.34. The van der Waals surface area contributed by atoms with Crippen molar-refractivity contribution in [2.24, 2.45) is 0 Å². The first-order valence-electron chi connectivity index (χ1n) is 12.7. The second kappa shape index (κ2) is 8.90. The fraction of sp³-hybridized carbons (Fsp3) is 0.250. The number of aromatic amines is 1. The molecule has 0 aliphatic heterocycles. The molecule has 1 atom stereocenters. The number of hydrogen-bond donors (Lipinski definition) is 1. The molecule has 1 unspecified atom stereocenters. The first-order valence-corrected chi connectivity index (χ1v) is 12.7. The second-order valence-corrected chi connectivity index (χ2v) is 10.1. The van der Waals surface area contributed by atoms with E-state index in [1.807, 2.05) is 0 Å². The van der Waals surface area contributed by atoms with E-state index in [0.29, 0.717) is 0 Å².